The lowest BCUT2D eigenvalue weighted by molar-refractivity contribution is 0.469. The van der Waals surface area contributed by atoms with Crippen molar-refractivity contribution < 1.29 is 5.11 Å². The summed E-state index contributed by atoms with van der Waals surface area (Å²) in [5.41, 5.74) is 3.89. The molecule has 0 heterocycles. The first-order chi connectivity index (χ1) is 6.29. The Kier molecular flexibility index (Phi) is 3.35. The van der Waals surface area contributed by atoms with Crippen LogP contribution in [0.4, 0.5) is 0 Å². The minimum absolute atomic E-state index is 0.489. The van der Waals surface area contributed by atoms with Gasteiger partial charge in [-0.25, -0.2) is 0 Å². The summed E-state index contributed by atoms with van der Waals surface area (Å²) in [4.78, 5) is 0. The van der Waals surface area contributed by atoms with Gasteiger partial charge >= 0.3 is 0 Å². The molecule has 0 aromatic heterocycles. The van der Waals surface area contributed by atoms with Gasteiger partial charge in [-0.15, -0.1) is 0 Å². The van der Waals surface area contributed by atoms with Gasteiger partial charge in [0.1, 0.15) is 5.75 Å². The summed E-state index contributed by atoms with van der Waals surface area (Å²) in [6.45, 7) is 6.11. The summed E-state index contributed by atoms with van der Waals surface area (Å²) < 4.78 is 0. The summed E-state index contributed by atoms with van der Waals surface area (Å²) in [6.07, 6.45) is 3.41. The second-order valence-corrected chi connectivity index (χ2v) is 3.21. The number of rotatable bonds is 0. The van der Waals surface area contributed by atoms with E-state index in [1.54, 1.807) is 6.07 Å². The fourth-order valence-corrected chi connectivity index (χ4v) is 1.87. The molecule has 0 saturated carbocycles. The summed E-state index contributed by atoms with van der Waals surface area (Å²) >= 11 is 0. The van der Waals surface area contributed by atoms with Crippen LogP contribution in [0, 0.1) is 6.92 Å². The van der Waals surface area contributed by atoms with Gasteiger partial charge in [-0.1, -0.05) is 19.9 Å². The minimum Gasteiger partial charge on any atom is -0.508 e. The molecule has 1 aliphatic carbocycles. The van der Waals surface area contributed by atoms with Gasteiger partial charge in [0.25, 0.3) is 0 Å². The predicted molar refractivity (Wildman–Crippen MR) is 56.2 cm³/mol. The Labute approximate surface area is 80.4 Å². The second-order valence-electron chi connectivity index (χ2n) is 3.21. The maximum atomic E-state index is 9.46. The van der Waals surface area contributed by atoms with Crippen molar-refractivity contribution in [2.45, 2.75) is 40.0 Å². The lowest BCUT2D eigenvalue weighted by Gasteiger charge is -2.04. The lowest BCUT2D eigenvalue weighted by atomic mass is 10.0. The molecule has 1 aliphatic rings. The molecule has 1 aromatic rings. The van der Waals surface area contributed by atoms with Gasteiger partial charge in [0, 0.05) is 0 Å². The van der Waals surface area contributed by atoms with Crippen molar-refractivity contribution >= 4 is 0 Å². The van der Waals surface area contributed by atoms with Crippen LogP contribution in [0.2, 0.25) is 0 Å². The molecule has 0 aliphatic heterocycles. The molecule has 0 unspecified atom stereocenters. The van der Waals surface area contributed by atoms with E-state index in [2.05, 4.69) is 6.92 Å². The maximum absolute atomic E-state index is 9.46. The number of aromatic hydroxyl groups is 1. The van der Waals surface area contributed by atoms with E-state index < -0.39 is 0 Å². The molecular formula is C12H18O. The predicted octanol–water partition coefficient (Wildman–Crippen LogP) is 3.22. The second kappa shape index (κ2) is 4.31. The number of phenolic OH excluding ortho intramolecular Hbond substituents is 1. The molecule has 0 bridgehead atoms. The van der Waals surface area contributed by atoms with Crippen LogP contribution < -0.4 is 0 Å². The molecule has 0 fully saturated rings. The van der Waals surface area contributed by atoms with E-state index in [0.717, 1.165) is 12.8 Å². The molecule has 2 rings (SSSR count). The molecule has 0 spiro atoms. The Morgan fingerprint density at radius 3 is 2.31 bits per heavy atom. The molecule has 13 heavy (non-hydrogen) atoms. The fourth-order valence-electron chi connectivity index (χ4n) is 1.87. The largest absolute Gasteiger partial charge is 0.508 e. The van der Waals surface area contributed by atoms with E-state index in [1.807, 2.05) is 19.9 Å². The van der Waals surface area contributed by atoms with Gasteiger partial charge in [0.15, 0.2) is 0 Å². The molecule has 0 atom stereocenters. The van der Waals surface area contributed by atoms with Crippen molar-refractivity contribution in [2.24, 2.45) is 0 Å². The van der Waals surface area contributed by atoms with Crippen molar-refractivity contribution in [1.82, 2.24) is 0 Å². The SMILES string of the molecule is CC.Cc1ccc(O)c2c1CCC2. The van der Waals surface area contributed by atoms with Crippen LogP contribution in [0.15, 0.2) is 12.1 Å². The van der Waals surface area contributed by atoms with Gasteiger partial charge in [-0.3, -0.25) is 0 Å². The first-order valence-corrected chi connectivity index (χ1v) is 5.09. The van der Waals surface area contributed by atoms with E-state index >= 15 is 0 Å². The van der Waals surface area contributed by atoms with Gasteiger partial charge in [-0.2, -0.15) is 0 Å². The molecule has 1 heteroatoms. The Hall–Kier alpha value is -0.980. The zero-order chi connectivity index (χ0) is 9.84. The highest BCUT2D eigenvalue weighted by Gasteiger charge is 2.15. The van der Waals surface area contributed by atoms with Gasteiger partial charge in [0.2, 0.25) is 0 Å². The van der Waals surface area contributed by atoms with Crippen LogP contribution >= 0.6 is 0 Å². The summed E-state index contributed by atoms with van der Waals surface area (Å²) in [5.74, 6) is 0.489. The van der Waals surface area contributed by atoms with E-state index in [1.165, 1.54) is 23.1 Å². The quantitative estimate of drug-likeness (QED) is 0.646. The van der Waals surface area contributed by atoms with E-state index in [-0.39, 0.29) is 0 Å². The Morgan fingerprint density at radius 2 is 1.69 bits per heavy atom. The highest BCUT2D eigenvalue weighted by atomic mass is 16.3. The van der Waals surface area contributed by atoms with E-state index in [0.29, 0.717) is 5.75 Å². The van der Waals surface area contributed by atoms with Gasteiger partial charge < -0.3 is 5.11 Å². The van der Waals surface area contributed by atoms with Crippen LogP contribution in [-0.2, 0) is 12.8 Å². The zero-order valence-corrected chi connectivity index (χ0v) is 8.72. The number of hydrogen-bond acceptors (Lipinski definition) is 1. The standard InChI is InChI=1S/C10H12O.C2H6/c1-7-5-6-10(11)9-4-2-3-8(7)9;1-2/h5-6,11H,2-4H2,1H3;1-2H3. The van der Waals surface area contributed by atoms with Crippen molar-refractivity contribution in [3.05, 3.63) is 28.8 Å². The highest BCUT2D eigenvalue weighted by molar-refractivity contribution is 5.46. The third-order valence-corrected chi connectivity index (χ3v) is 2.49. The van der Waals surface area contributed by atoms with E-state index in [4.69, 9.17) is 0 Å². The third-order valence-electron chi connectivity index (χ3n) is 2.49. The Bertz CT molecular complexity index is 260. The maximum Gasteiger partial charge on any atom is 0.119 e. The molecule has 0 radical (unpaired) electrons. The average Bonchev–Trinajstić information content (AvgIpc) is 2.64. The topological polar surface area (TPSA) is 20.2 Å². The van der Waals surface area contributed by atoms with Crippen LogP contribution in [0.1, 0.15) is 37.0 Å². The molecule has 0 saturated heterocycles. The summed E-state index contributed by atoms with van der Waals surface area (Å²) in [5, 5.41) is 9.46. The first-order valence-electron chi connectivity index (χ1n) is 5.09. The van der Waals surface area contributed by atoms with Crippen molar-refractivity contribution in [3.8, 4) is 5.75 Å². The van der Waals surface area contributed by atoms with Crippen LogP contribution in [0.5, 0.6) is 5.75 Å². The molecule has 1 nitrogen and oxygen atoms in total. The number of phenols is 1. The molecule has 0 amide bonds. The smallest absolute Gasteiger partial charge is 0.119 e. The number of fused-ring (bicyclic) bond motifs is 1. The normalized spacial score (nSPS) is 13.2. The van der Waals surface area contributed by atoms with Crippen molar-refractivity contribution in [1.29, 1.82) is 0 Å². The third kappa shape index (κ3) is 1.85. The highest BCUT2D eigenvalue weighted by Crippen LogP contribution is 2.31. The lowest BCUT2D eigenvalue weighted by Crippen LogP contribution is -1.86. The monoisotopic (exact) mass is 178 g/mol. The van der Waals surface area contributed by atoms with Gasteiger partial charge in [0.05, 0.1) is 0 Å². The number of benzene rings is 1. The van der Waals surface area contributed by atoms with E-state index in [9.17, 15) is 5.11 Å². The average molecular weight is 178 g/mol. The van der Waals surface area contributed by atoms with Gasteiger partial charge in [-0.05, 0) is 48.9 Å². The Morgan fingerprint density at radius 1 is 1.08 bits per heavy atom. The molecule has 1 aromatic carbocycles. The van der Waals surface area contributed by atoms with Crippen LogP contribution in [-0.4, -0.2) is 5.11 Å². The summed E-state index contributed by atoms with van der Waals surface area (Å²) in [7, 11) is 0. The molecule has 1 N–H and O–H groups in total. The molecule has 72 valence electrons. The summed E-state index contributed by atoms with van der Waals surface area (Å²) in [6, 6.07) is 3.80. The fraction of sp³-hybridized carbons (Fsp3) is 0.500. The van der Waals surface area contributed by atoms with Crippen LogP contribution in [0.3, 0.4) is 0 Å². The van der Waals surface area contributed by atoms with Crippen molar-refractivity contribution in [3.63, 3.8) is 0 Å². The minimum atomic E-state index is 0.489. The molecular weight excluding hydrogens is 160 g/mol. The first kappa shape index (κ1) is 10.1. The number of aryl methyl sites for hydroxylation is 1. The Balaban J connectivity index is 0.000000396. The van der Waals surface area contributed by atoms with Crippen LogP contribution in [0.25, 0.3) is 0 Å². The van der Waals surface area contributed by atoms with Crippen molar-refractivity contribution in [2.75, 3.05) is 0 Å². The number of hydrogen-bond donors (Lipinski definition) is 1. The zero-order valence-electron chi connectivity index (χ0n) is 8.72.